The number of hydrogen-bond acceptors (Lipinski definition) is 5. The van der Waals surface area contributed by atoms with Crippen LogP contribution in [0.25, 0.3) is 11.5 Å². The van der Waals surface area contributed by atoms with Crippen molar-refractivity contribution in [1.82, 2.24) is 10.2 Å². The van der Waals surface area contributed by atoms with Crippen LogP contribution in [0.5, 0.6) is 0 Å². The molecule has 0 unspecified atom stereocenters. The Labute approximate surface area is 157 Å². The van der Waals surface area contributed by atoms with Crippen LogP contribution >= 0.6 is 11.8 Å². The molecule has 6 heteroatoms. The molecule has 26 heavy (non-hydrogen) atoms. The van der Waals surface area contributed by atoms with Crippen LogP contribution in [0, 0.1) is 20.8 Å². The molecule has 1 N–H and O–H groups in total. The molecule has 1 aromatic heterocycles. The molecule has 5 nitrogen and oxygen atoms in total. The summed E-state index contributed by atoms with van der Waals surface area (Å²) in [6, 6.07) is 13.7. The summed E-state index contributed by atoms with van der Waals surface area (Å²) in [5.74, 6) is 0.353. The van der Waals surface area contributed by atoms with Gasteiger partial charge in [-0.25, -0.2) is 0 Å². The Kier molecular flexibility index (Phi) is 5.42. The Balaban J connectivity index is 1.65. The number of nitrogens with one attached hydrogen (secondary N) is 1. The number of aromatic nitrogens is 2. The minimum Gasteiger partial charge on any atom is -0.411 e. The van der Waals surface area contributed by atoms with Crippen LogP contribution in [0.1, 0.15) is 23.6 Å². The van der Waals surface area contributed by atoms with E-state index < -0.39 is 0 Å². The van der Waals surface area contributed by atoms with E-state index in [1.165, 1.54) is 22.9 Å². The number of amides is 1. The average Bonchev–Trinajstić information content (AvgIpc) is 3.07. The summed E-state index contributed by atoms with van der Waals surface area (Å²) in [6.07, 6.45) is 0. The lowest BCUT2D eigenvalue weighted by atomic mass is 10.1. The zero-order chi connectivity index (χ0) is 18.7. The van der Waals surface area contributed by atoms with Crippen molar-refractivity contribution in [2.45, 2.75) is 38.2 Å². The van der Waals surface area contributed by atoms with Crippen molar-refractivity contribution in [3.63, 3.8) is 0 Å². The second-order valence-electron chi connectivity index (χ2n) is 6.29. The van der Waals surface area contributed by atoms with Gasteiger partial charge >= 0.3 is 0 Å². The fourth-order valence-electron chi connectivity index (χ4n) is 2.33. The minimum absolute atomic E-state index is 0.107. The maximum atomic E-state index is 12.3. The number of hydrogen-bond donors (Lipinski definition) is 1. The fraction of sp³-hybridized carbons (Fsp3) is 0.250. The van der Waals surface area contributed by atoms with E-state index >= 15 is 0 Å². The van der Waals surface area contributed by atoms with Gasteiger partial charge in [0, 0.05) is 11.3 Å². The van der Waals surface area contributed by atoms with Crippen molar-refractivity contribution >= 4 is 23.4 Å². The van der Waals surface area contributed by atoms with Crippen LogP contribution in [0.15, 0.2) is 52.1 Å². The van der Waals surface area contributed by atoms with Crippen molar-refractivity contribution in [1.29, 1.82) is 0 Å². The highest BCUT2D eigenvalue weighted by Gasteiger charge is 2.19. The first-order valence-corrected chi connectivity index (χ1v) is 9.25. The van der Waals surface area contributed by atoms with E-state index in [1.54, 1.807) is 0 Å². The summed E-state index contributed by atoms with van der Waals surface area (Å²) in [6.45, 7) is 7.92. The fourth-order valence-corrected chi connectivity index (χ4v) is 3.02. The first-order chi connectivity index (χ1) is 12.4. The standard InChI is InChI=1S/C20H21N3O2S/c1-12-5-9-17(10-6-12)21-18(24)15(4)26-20-23-22-19(25-20)16-8-7-13(2)14(3)11-16/h5-11,15H,1-4H3,(H,21,24)/t15-/m0/s1. The molecule has 0 spiro atoms. The van der Waals surface area contributed by atoms with E-state index in [1.807, 2.05) is 63.2 Å². The minimum atomic E-state index is -0.357. The number of carbonyl (C=O) groups is 1. The highest BCUT2D eigenvalue weighted by molar-refractivity contribution is 8.00. The Morgan fingerprint density at radius 2 is 1.77 bits per heavy atom. The number of rotatable bonds is 5. The molecule has 3 aromatic rings. The van der Waals surface area contributed by atoms with Gasteiger partial charge in [0.15, 0.2) is 0 Å². The number of benzene rings is 2. The molecule has 0 saturated heterocycles. The van der Waals surface area contributed by atoms with Crippen molar-refractivity contribution in [2.24, 2.45) is 0 Å². The van der Waals surface area contributed by atoms with Crippen molar-refractivity contribution in [2.75, 3.05) is 5.32 Å². The summed E-state index contributed by atoms with van der Waals surface area (Å²) < 4.78 is 5.71. The Bertz CT molecular complexity index is 919. The van der Waals surface area contributed by atoms with Crippen LogP contribution in [0.3, 0.4) is 0 Å². The molecule has 0 aliphatic carbocycles. The SMILES string of the molecule is Cc1ccc(NC(=O)[C@H](C)Sc2nnc(-c3ccc(C)c(C)c3)o2)cc1. The van der Waals surface area contributed by atoms with Crippen LogP contribution < -0.4 is 5.32 Å². The Hall–Kier alpha value is -2.60. The van der Waals surface area contributed by atoms with Gasteiger partial charge in [-0.1, -0.05) is 35.5 Å². The quantitative estimate of drug-likeness (QED) is 0.657. The Morgan fingerprint density at radius 1 is 1.04 bits per heavy atom. The van der Waals surface area contributed by atoms with Crippen molar-refractivity contribution in [3.05, 3.63) is 59.2 Å². The maximum absolute atomic E-state index is 12.3. The number of thioether (sulfide) groups is 1. The number of nitrogens with zero attached hydrogens (tertiary/aromatic N) is 2. The van der Waals surface area contributed by atoms with E-state index in [4.69, 9.17) is 4.42 Å². The number of carbonyl (C=O) groups excluding carboxylic acids is 1. The Morgan fingerprint density at radius 3 is 2.46 bits per heavy atom. The lowest BCUT2D eigenvalue weighted by Gasteiger charge is -2.10. The molecular formula is C20H21N3O2S. The second kappa shape index (κ2) is 7.74. The average molecular weight is 367 g/mol. The molecule has 0 saturated carbocycles. The molecule has 0 bridgehead atoms. The highest BCUT2D eigenvalue weighted by Crippen LogP contribution is 2.27. The van der Waals surface area contributed by atoms with Crippen LogP contribution in [0.2, 0.25) is 0 Å². The summed E-state index contributed by atoms with van der Waals surface area (Å²) in [5, 5.41) is 11.1. The van der Waals surface area contributed by atoms with Gasteiger partial charge in [0.25, 0.3) is 5.22 Å². The first kappa shape index (κ1) is 18.2. The van der Waals surface area contributed by atoms with Crippen molar-refractivity contribution < 1.29 is 9.21 Å². The van der Waals surface area contributed by atoms with Crippen LogP contribution in [-0.4, -0.2) is 21.4 Å². The summed E-state index contributed by atoms with van der Waals surface area (Å²) in [5.41, 5.74) is 5.18. The van der Waals surface area contributed by atoms with Gasteiger partial charge < -0.3 is 9.73 Å². The van der Waals surface area contributed by atoms with E-state index in [0.29, 0.717) is 11.1 Å². The van der Waals surface area contributed by atoms with Gasteiger partial charge in [0.2, 0.25) is 11.8 Å². The second-order valence-corrected chi connectivity index (χ2v) is 7.58. The zero-order valence-corrected chi connectivity index (χ0v) is 16.1. The third-order valence-electron chi connectivity index (χ3n) is 4.13. The first-order valence-electron chi connectivity index (χ1n) is 8.37. The van der Waals surface area contributed by atoms with Gasteiger partial charge in [-0.15, -0.1) is 10.2 Å². The molecule has 3 rings (SSSR count). The van der Waals surface area contributed by atoms with E-state index in [2.05, 4.69) is 22.4 Å². The molecule has 134 valence electrons. The van der Waals surface area contributed by atoms with Gasteiger partial charge in [-0.3, -0.25) is 4.79 Å². The topological polar surface area (TPSA) is 68.0 Å². The molecule has 0 aliphatic heterocycles. The monoisotopic (exact) mass is 367 g/mol. The maximum Gasteiger partial charge on any atom is 0.277 e. The third-order valence-corrected chi connectivity index (χ3v) is 5.06. The lowest BCUT2D eigenvalue weighted by Crippen LogP contribution is -2.22. The van der Waals surface area contributed by atoms with E-state index in [9.17, 15) is 4.79 Å². The predicted molar refractivity (Wildman–Crippen MR) is 104 cm³/mol. The van der Waals surface area contributed by atoms with E-state index in [-0.39, 0.29) is 11.2 Å². The molecule has 0 fully saturated rings. The summed E-state index contributed by atoms with van der Waals surface area (Å²) in [7, 11) is 0. The van der Waals surface area contributed by atoms with Gasteiger partial charge in [0.05, 0.1) is 5.25 Å². The van der Waals surface area contributed by atoms with E-state index in [0.717, 1.165) is 16.8 Å². The molecule has 2 aromatic carbocycles. The van der Waals surface area contributed by atoms with Gasteiger partial charge in [-0.05, 0) is 63.1 Å². The van der Waals surface area contributed by atoms with Gasteiger partial charge in [0.1, 0.15) is 0 Å². The predicted octanol–water partition coefficient (Wildman–Crippen LogP) is 4.78. The molecular weight excluding hydrogens is 346 g/mol. The largest absolute Gasteiger partial charge is 0.411 e. The highest BCUT2D eigenvalue weighted by atomic mass is 32.2. The number of anilines is 1. The summed E-state index contributed by atoms with van der Waals surface area (Å²) >= 11 is 1.24. The molecule has 1 heterocycles. The van der Waals surface area contributed by atoms with Crippen LogP contribution in [0.4, 0.5) is 5.69 Å². The zero-order valence-electron chi connectivity index (χ0n) is 15.2. The third kappa shape index (κ3) is 4.32. The molecule has 1 atom stereocenters. The molecule has 0 radical (unpaired) electrons. The number of aryl methyl sites for hydroxylation is 3. The molecule has 1 amide bonds. The molecule has 0 aliphatic rings. The van der Waals surface area contributed by atoms with Gasteiger partial charge in [-0.2, -0.15) is 0 Å². The smallest absolute Gasteiger partial charge is 0.277 e. The van der Waals surface area contributed by atoms with Crippen LogP contribution in [-0.2, 0) is 4.79 Å². The lowest BCUT2D eigenvalue weighted by molar-refractivity contribution is -0.115. The van der Waals surface area contributed by atoms with Crippen molar-refractivity contribution in [3.8, 4) is 11.5 Å². The normalized spacial score (nSPS) is 12.0. The summed E-state index contributed by atoms with van der Waals surface area (Å²) in [4.78, 5) is 12.3.